The van der Waals surface area contributed by atoms with E-state index in [4.69, 9.17) is 16.9 Å². The molecule has 2 aromatic carbocycles. The highest BCUT2D eigenvalue weighted by molar-refractivity contribution is 6.32. The third-order valence-corrected chi connectivity index (χ3v) is 3.98. The molecule has 0 aliphatic heterocycles. The van der Waals surface area contributed by atoms with E-state index in [1.165, 1.54) is 0 Å². The molecule has 0 bridgehead atoms. The van der Waals surface area contributed by atoms with Gasteiger partial charge in [-0.25, -0.2) is 0 Å². The fourth-order valence-electron chi connectivity index (χ4n) is 2.38. The predicted molar refractivity (Wildman–Crippen MR) is 82.6 cm³/mol. The first-order valence-corrected chi connectivity index (χ1v) is 6.80. The fraction of sp³-hybridized carbons (Fsp3) is 0.0588. The number of hydrogen-bond acceptors (Lipinski definition) is 2. The molecular weight excluding hydrogens is 284 g/mol. The second kappa shape index (κ2) is 5.08. The van der Waals surface area contributed by atoms with E-state index in [0.29, 0.717) is 21.7 Å². The molecule has 0 atom stereocenters. The summed E-state index contributed by atoms with van der Waals surface area (Å²) in [6.07, 6.45) is 1.68. The van der Waals surface area contributed by atoms with Gasteiger partial charge in [-0.05, 0) is 30.7 Å². The van der Waals surface area contributed by atoms with Gasteiger partial charge in [0.15, 0.2) is 5.78 Å². The Bertz CT molecular complexity index is 903. The van der Waals surface area contributed by atoms with Gasteiger partial charge in [0.05, 0.1) is 11.6 Å². The molecule has 0 saturated carbocycles. The molecule has 1 N–H and O–H groups in total. The third kappa shape index (κ3) is 2.20. The van der Waals surface area contributed by atoms with Gasteiger partial charge in [0.2, 0.25) is 0 Å². The number of aromatic nitrogens is 1. The van der Waals surface area contributed by atoms with Gasteiger partial charge in [0.1, 0.15) is 0 Å². The summed E-state index contributed by atoms with van der Waals surface area (Å²) in [5, 5.41) is 10.3. The van der Waals surface area contributed by atoms with Gasteiger partial charge >= 0.3 is 0 Å². The van der Waals surface area contributed by atoms with Crippen molar-refractivity contribution >= 4 is 28.3 Å². The number of nitriles is 1. The predicted octanol–water partition coefficient (Wildman–Crippen LogP) is 4.23. The Balaban J connectivity index is 2.15. The molecule has 1 aromatic heterocycles. The van der Waals surface area contributed by atoms with E-state index in [-0.39, 0.29) is 5.78 Å². The zero-order valence-electron chi connectivity index (χ0n) is 11.3. The minimum Gasteiger partial charge on any atom is -0.360 e. The van der Waals surface area contributed by atoms with Crippen LogP contribution in [0.3, 0.4) is 0 Å². The summed E-state index contributed by atoms with van der Waals surface area (Å²) in [5.74, 6) is -0.0778. The molecule has 3 nitrogen and oxygen atoms in total. The van der Waals surface area contributed by atoms with E-state index in [1.807, 2.05) is 6.92 Å². The maximum absolute atomic E-state index is 12.7. The lowest BCUT2D eigenvalue weighted by Crippen LogP contribution is -2.03. The highest BCUT2D eigenvalue weighted by Gasteiger charge is 2.17. The number of fused-ring (bicyclic) bond motifs is 1. The number of carbonyl (C=O) groups excluding carboxylic acids is 1. The lowest BCUT2D eigenvalue weighted by Gasteiger charge is -2.05. The van der Waals surface area contributed by atoms with Crippen molar-refractivity contribution in [3.05, 3.63) is 69.9 Å². The number of nitrogens with zero attached hydrogens (tertiary/aromatic N) is 1. The molecule has 102 valence electrons. The van der Waals surface area contributed by atoms with E-state index < -0.39 is 0 Å². The Labute approximate surface area is 126 Å². The number of ketones is 1. The summed E-state index contributed by atoms with van der Waals surface area (Å²) < 4.78 is 0. The molecule has 0 radical (unpaired) electrons. The zero-order chi connectivity index (χ0) is 15.0. The van der Waals surface area contributed by atoms with Crippen molar-refractivity contribution in [3.8, 4) is 6.07 Å². The first-order valence-electron chi connectivity index (χ1n) is 6.43. The highest BCUT2D eigenvalue weighted by atomic mass is 35.5. The minimum absolute atomic E-state index is 0.0778. The zero-order valence-corrected chi connectivity index (χ0v) is 12.0. The molecule has 0 saturated heterocycles. The summed E-state index contributed by atoms with van der Waals surface area (Å²) in [5.41, 5.74) is 3.28. The highest BCUT2D eigenvalue weighted by Crippen LogP contribution is 2.26. The molecule has 1 heterocycles. The lowest BCUT2D eigenvalue weighted by atomic mass is 9.98. The first kappa shape index (κ1) is 13.4. The average molecular weight is 295 g/mol. The summed E-state index contributed by atoms with van der Waals surface area (Å²) in [6.45, 7) is 1.83. The third-order valence-electron chi connectivity index (χ3n) is 3.57. The maximum atomic E-state index is 12.7. The number of hydrogen-bond donors (Lipinski definition) is 1. The number of rotatable bonds is 2. The van der Waals surface area contributed by atoms with Crippen molar-refractivity contribution in [1.82, 2.24) is 4.98 Å². The van der Waals surface area contributed by atoms with Gasteiger partial charge in [-0.1, -0.05) is 29.8 Å². The number of aromatic amines is 1. The van der Waals surface area contributed by atoms with Gasteiger partial charge in [-0.15, -0.1) is 0 Å². The number of benzene rings is 2. The van der Waals surface area contributed by atoms with Crippen LogP contribution >= 0.6 is 11.6 Å². The standard InChI is InChI=1S/C17H11ClN2O/c1-10-12(3-2-4-15(10)18)17(21)14-9-20-16-7-11(8-19)5-6-13(14)16/h2-7,9,20H,1H3. The Morgan fingerprint density at radius 1 is 1.24 bits per heavy atom. The summed E-state index contributed by atoms with van der Waals surface area (Å²) in [7, 11) is 0. The Kier molecular flexibility index (Phi) is 3.25. The van der Waals surface area contributed by atoms with Gasteiger partial charge in [-0.2, -0.15) is 5.26 Å². The van der Waals surface area contributed by atoms with Crippen molar-refractivity contribution in [2.45, 2.75) is 6.92 Å². The molecule has 3 rings (SSSR count). The van der Waals surface area contributed by atoms with Crippen LogP contribution in [0.25, 0.3) is 10.9 Å². The number of halogens is 1. The van der Waals surface area contributed by atoms with Crippen molar-refractivity contribution in [2.24, 2.45) is 0 Å². The van der Waals surface area contributed by atoms with Gasteiger partial charge in [0, 0.05) is 33.2 Å². The normalized spacial score (nSPS) is 10.5. The van der Waals surface area contributed by atoms with Crippen molar-refractivity contribution in [3.63, 3.8) is 0 Å². The Hall–Kier alpha value is -2.57. The lowest BCUT2D eigenvalue weighted by molar-refractivity contribution is 0.104. The quantitative estimate of drug-likeness (QED) is 0.719. The van der Waals surface area contributed by atoms with Crippen molar-refractivity contribution < 1.29 is 4.79 Å². The molecule has 0 fully saturated rings. The second-order valence-electron chi connectivity index (χ2n) is 4.82. The van der Waals surface area contributed by atoms with E-state index in [1.54, 1.807) is 42.6 Å². The van der Waals surface area contributed by atoms with Crippen LogP contribution < -0.4 is 0 Å². The SMILES string of the molecule is Cc1c(Cl)cccc1C(=O)c1c[nH]c2cc(C#N)ccc12. The van der Waals surface area contributed by atoms with Gasteiger partial charge in [0.25, 0.3) is 0 Å². The number of nitrogens with one attached hydrogen (secondary N) is 1. The molecule has 0 aliphatic carbocycles. The molecular formula is C17H11ClN2O. The van der Waals surface area contributed by atoms with Gasteiger partial charge in [-0.3, -0.25) is 4.79 Å². The van der Waals surface area contributed by atoms with E-state index in [9.17, 15) is 4.79 Å². The molecule has 21 heavy (non-hydrogen) atoms. The number of carbonyl (C=O) groups is 1. The smallest absolute Gasteiger partial charge is 0.195 e. The van der Waals surface area contributed by atoms with Crippen molar-refractivity contribution in [2.75, 3.05) is 0 Å². The maximum Gasteiger partial charge on any atom is 0.195 e. The summed E-state index contributed by atoms with van der Waals surface area (Å²) in [6, 6.07) is 12.6. The van der Waals surface area contributed by atoms with Crippen LogP contribution in [0, 0.1) is 18.3 Å². The minimum atomic E-state index is -0.0778. The van der Waals surface area contributed by atoms with Crippen LogP contribution in [0.2, 0.25) is 5.02 Å². The Morgan fingerprint density at radius 2 is 2.05 bits per heavy atom. The molecule has 4 heteroatoms. The first-order chi connectivity index (χ1) is 10.1. The van der Waals surface area contributed by atoms with Crippen LogP contribution in [0.1, 0.15) is 27.0 Å². The average Bonchev–Trinajstić information content (AvgIpc) is 2.92. The summed E-state index contributed by atoms with van der Waals surface area (Å²) >= 11 is 6.08. The van der Waals surface area contributed by atoms with E-state index in [2.05, 4.69) is 11.1 Å². The second-order valence-corrected chi connectivity index (χ2v) is 5.22. The van der Waals surface area contributed by atoms with E-state index in [0.717, 1.165) is 16.5 Å². The molecule has 0 unspecified atom stereocenters. The van der Waals surface area contributed by atoms with Crippen LogP contribution in [-0.4, -0.2) is 10.8 Å². The topological polar surface area (TPSA) is 56.6 Å². The molecule has 0 spiro atoms. The fourth-order valence-corrected chi connectivity index (χ4v) is 2.56. The van der Waals surface area contributed by atoms with Crippen LogP contribution in [0.4, 0.5) is 0 Å². The molecule has 3 aromatic rings. The largest absolute Gasteiger partial charge is 0.360 e. The van der Waals surface area contributed by atoms with Crippen LogP contribution in [0.5, 0.6) is 0 Å². The van der Waals surface area contributed by atoms with Gasteiger partial charge < -0.3 is 4.98 Å². The van der Waals surface area contributed by atoms with E-state index >= 15 is 0 Å². The molecule has 0 amide bonds. The van der Waals surface area contributed by atoms with Crippen LogP contribution in [-0.2, 0) is 0 Å². The Morgan fingerprint density at radius 3 is 2.81 bits per heavy atom. The monoisotopic (exact) mass is 294 g/mol. The van der Waals surface area contributed by atoms with Crippen LogP contribution in [0.15, 0.2) is 42.6 Å². The molecule has 0 aliphatic rings. The van der Waals surface area contributed by atoms with Crippen molar-refractivity contribution in [1.29, 1.82) is 5.26 Å². The summed E-state index contributed by atoms with van der Waals surface area (Å²) in [4.78, 5) is 15.7. The number of H-pyrrole nitrogens is 1.